The van der Waals surface area contributed by atoms with E-state index < -0.39 is 41.2 Å². The van der Waals surface area contributed by atoms with Gasteiger partial charge in [0.1, 0.15) is 5.92 Å². The maximum Gasteiger partial charge on any atom is 0.318 e. The molecule has 2 saturated heterocycles. The molecule has 4 atom stereocenters. The molecule has 1 aliphatic carbocycles. The van der Waals surface area contributed by atoms with Gasteiger partial charge in [0.05, 0.1) is 18.7 Å². The third-order valence-corrected chi connectivity index (χ3v) is 5.53. The summed E-state index contributed by atoms with van der Waals surface area (Å²) in [7, 11) is 1.18. The number of esters is 1. The molecular weight excluding hydrogens is 336 g/mol. The molecule has 3 N–H and O–H groups in total. The molecule has 1 spiro atoms. The monoisotopic (exact) mass is 359 g/mol. The fraction of sp³-hybridized carbons (Fsp3) is 0.812. The van der Waals surface area contributed by atoms with Crippen LogP contribution >= 0.6 is 0 Å². The smallest absolute Gasteiger partial charge is 0.318 e. The highest BCUT2D eigenvalue weighted by molar-refractivity contribution is 5.98. The number of hydrogen-bond acceptors (Lipinski definition) is 5. The Morgan fingerprint density at radius 1 is 1.44 bits per heavy atom. The SMILES string of the molecule is COC(=O)[C@@H](C[C@@H]1CCCNC1=O)C(=O)N[C@H]1C[C@@]2(CN1)CC2(F)F. The van der Waals surface area contributed by atoms with Crippen LogP contribution in [0.25, 0.3) is 0 Å². The van der Waals surface area contributed by atoms with Crippen LogP contribution < -0.4 is 16.0 Å². The van der Waals surface area contributed by atoms with Crippen molar-refractivity contribution in [3.8, 4) is 0 Å². The third-order valence-electron chi connectivity index (χ3n) is 5.53. The van der Waals surface area contributed by atoms with Gasteiger partial charge in [-0.25, -0.2) is 8.78 Å². The maximum atomic E-state index is 13.4. The molecule has 9 heteroatoms. The Labute approximate surface area is 144 Å². The van der Waals surface area contributed by atoms with E-state index in [0.29, 0.717) is 13.0 Å². The highest BCUT2D eigenvalue weighted by Gasteiger charge is 2.72. The summed E-state index contributed by atoms with van der Waals surface area (Å²) in [5, 5.41) is 8.21. The quantitative estimate of drug-likeness (QED) is 0.480. The number of ether oxygens (including phenoxy) is 1. The molecule has 2 aliphatic heterocycles. The van der Waals surface area contributed by atoms with Crippen LogP contribution in [0.3, 0.4) is 0 Å². The summed E-state index contributed by atoms with van der Waals surface area (Å²) in [6.45, 7) is 0.728. The molecule has 2 amide bonds. The lowest BCUT2D eigenvalue weighted by Gasteiger charge is -2.25. The van der Waals surface area contributed by atoms with E-state index in [1.54, 1.807) is 0 Å². The van der Waals surface area contributed by atoms with Crippen molar-refractivity contribution >= 4 is 17.8 Å². The van der Waals surface area contributed by atoms with Crippen molar-refractivity contribution in [1.29, 1.82) is 0 Å². The average molecular weight is 359 g/mol. The van der Waals surface area contributed by atoms with Crippen LogP contribution in [0, 0.1) is 17.3 Å². The molecule has 0 aromatic carbocycles. The maximum absolute atomic E-state index is 13.4. The zero-order chi connectivity index (χ0) is 18.2. The van der Waals surface area contributed by atoms with Gasteiger partial charge in [-0.2, -0.15) is 0 Å². The highest BCUT2D eigenvalue weighted by Crippen LogP contribution is 2.64. The lowest BCUT2D eigenvalue weighted by molar-refractivity contribution is -0.151. The molecule has 2 heterocycles. The average Bonchev–Trinajstić information content (AvgIpc) is 2.89. The minimum Gasteiger partial charge on any atom is -0.468 e. The molecule has 0 radical (unpaired) electrons. The second-order valence-electron chi connectivity index (χ2n) is 7.25. The Balaban J connectivity index is 1.60. The van der Waals surface area contributed by atoms with E-state index in [2.05, 4.69) is 20.7 Å². The second-order valence-corrected chi connectivity index (χ2v) is 7.25. The summed E-state index contributed by atoms with van der Waals surface area (Å²) in [6.07, 6.45) is 0.787. The minimum atomic E-state index is -2.69. The van der Waals surface area contributed by atoms with Gasteiger partial charge in [-0.15, -0.1) is 0 Å². The zero-order valence-corrected chi connectivity index (χ0v) is 14.1. The Hall–Kier alpha value is -1.77. The van der Waals surface area contributed by atoms with Gasteiger partial charge in [0.2, 0.25) is 11.8 Å². The van der Waals surface area contributed by atoms with Crippen molar-refractivity contribution < 1.29 is 27.9 Å². The van der Waals surface area contributed by atoms with Crippen LogP contribution in [0.2, 0.25) is 0 Å². The molecule has 0 bridgehead atoms. The van der Waals surface area contributed by atoms with Crippen LogP contribution in [-0.4, -0.2) is 50.1 Å². The van der Waals surface area contributed by atoms with Gasteiger partial charge in [-0.3, -0.25) is 19.7 Å². The van der Waals surface area contributed by atoms with Crippen molar-refractivity contribution in [1.82, 2.24) is 16.0 Å². The molecule has 3 fully saturated rings. The van der Waals surface area contributed by atoms with Gasteiger partial charge in [0.15, 0.2) is 0 Å². The lowest BCUT2D eigenvalue weighted by Crippen LogP contribution is -2.47. The summed E-state index contributed by atoms with van der Waals surface area (Å²) in [4.78, 5) is 36.4. The van der Waals surface area contributed by atoms with Crippen LogP contribution in [0.5, 0.6) is 0 Å². The standard InChI is InChI=1S/C16H23F2N3O4/c1-25-14(24)10(5-9-3-2-4-19-12(9)22)13(23)21-11-6-15(8-20-11)7-16(15,17)18/h9-11,20H,2-8H2,1H3,(H,19,22)(H,21,23)/t9-,10-,11-,15-/m0/s1. The normalized spacial score (nSPS) is 34.3. The summed E-state index contributed by atoms with van der Waals surface area (Å²) in [6, 6.07) is 0. The Morgan fingerprint density at radius 3 is 2.72 bits per heavy atom. The zero-order valence-electron chi connectivity index (χ0n) is 14.1. The first-order chi connectivity index (χ1) is 11.8. The number of rotatable bonds is 5. The van der Waals surface area contributed by atoms with Gasteiger partial charge in [-0.05, 0) is 25.7 Å². The van der Waals surface area contributed by atoms with Crippen molar-refractivity contribution in [3.63, 3.8) is 0 Å². The number of hydrogen-bond donors (Lipinski definition) is 3. The Morgan fingerprint density at radius 2 is 2.16 bits per heavy atom. The number of carbonyl (C=O) groups is 3. The van der Waals surface area contributed by atoms with Crippen LogP contribution in [-0.2, 0) is 19.1 Å². The van der Waals surface area contributed by atoms with Gasteiger partial charge in [-0.1, -0.05) is 0 Å². The van der Waals surface area contributed by atoms with E-state index in [-0.39, 0.29) is 31.7 Å². The van der Waals surface area contributed by atoms with Crippen molar-refractivity contribution in [3.05, 3.63) is 0 Å². The number of nitrogens with one attached hydrogen (secondary N) is 3. The van der Waals surface area contributed by atoms with E-state index in [0.717, 1.165) is 6.42 Å². The minimum absolute atomic E-state index is 0.0539. The topological polar surface area (TPSA) is 96.5 Å². The molecular formula is C16H23F2N3O4. The number of methoxy groups -OCH3 is 1. The van der Waals surface area contributed by atoms with Gasteiger partial charge in [0.25, 0.3) is 5.92 Å². The van der Waals surface area contributed by atoms with Crippen molar-refractivity contribution in [2.24, 2.45) is 17.3 Å². The number of alkyl halides is 2. The van der Waals surface area contributed by atoms with Gasteiger partial charge >= 0.3 is 5.97 Å². The third kappa shape index (κ3) is 3.47. The first kappa shape index (κ1) is 18.0. The summed E-state index contributed by atoms with van der Waals surface area (Å²) in [5.74, 6) is -5.75. The second kappa shape index (κ2) is 6.51. The number of halogens is 2. The van der Waals surface area contributed by atoms with E-state index in [1.807, 2.05) is 0 Å². The number of piperidine rings is 1. The fourth-order valence-corrected chi connectivity index (χ4v) is 3.82. The molecule has 25 heavy (non-hydrogen) atoms. The molecule has 3 aliphatic rings. The van der Waals surface area contributed by atoms with Gasteiger partial charge in [0, 0.05) is 25.4 Å². The molecule has 0 unspecified atom stereocenters. The van der Waals surface area contributed by atoms with Crippen LogP contribution in [0.1, 0.15) is 32.1 Å². The Bertz CT molecular complexity index is 586. The summed E-state index contributed by atoms with van der Waals surface area (Å²) < 4.78 is 31.5. The first-order valence-electron chi connectivity index (χ1n) is 8.55. The van der Waals surface area contributed by atoms with Crippen LogP contribution in [0.4, 0.5) is 8.78 Å². The summed E-state index contributed by atoms with van der Waals surface area (Å²) >= 11 is 0. The predicted molar refractivity (Wildman–Crippen MR) is 82.4 cm³/mol. The molecule has 140 valence electrons. The van der Waals surface area contributed by atoms with Crippen LogP contribution in [0.15, 0.2) is 0 Å². The summed E-state index contributed by atoms with van der Waals surface area (Å²) in [5.41, 5.74) is -1.07. The Kier molecular flexibility index (Phi) is 4.70. The van der Waals surface area contributed by atoms with Gasteiger partial charge < -0.3 is 15.4 Å². The molecule has 0 aromatic rings. The van der Waals surface area contributed by atoms with E-state index in [4.69, 9.17) is 0 Å². The molecule has 0 aromatic heterocycles. The molecule has 3 rings (SSSR count). The lowest BCUT2D eigenvalue weighted by atomic mass is 9.87. The largest absolute Gasteiger partial charge is 0.468 e. The molecule has 1 saturated carbocycles. The first-order valence-corrected chi connectivity index (χ1v) is 8.55. The number of amides is 2. The molecule has 7 nitrogen and oxygen atoms in total. The van der Waals surface area contributed by atoms with Crippen molar-refractivity contribution in [2.45, 2.75) is 44.2 Å². The highest BCUT2D eigenvalue weighted by atomic mass is 19.3. The van der Waals surface area contributed by atoms with E-state index >= 15 is 0 Å². The van der Waals surface area contributed by atoms with Crippen molar-refractivity contribution in [2.75, 3.05) is 20.2 Å². The van der Waals surface area contributed by atoms with E-state index in [1.165, 1.54) is 7.11 Å². The fourth-order valence-electron chi connectivity index (χ4n) is 3.82. The predicted octanol–water partition coefficient (Wildman–Crippen LogP) is 0.153. The number of carbonyl (C=O) groups excluding carboxylic acids is 3. The van der Waals surface area contributed by atoms with E-state index in [9.17, 15) is 23.2 Å².